The zero-order valence-corrected chi connectivity index (χ0v) is 16.7. The van der Waals surface area contributed by atoms with Gasteiger partial charge in [-0.25, -0.2) is 0 Å². The Morgan fingerprint density at radius 3 is 2.55 bits per heavy atom. The predicted octanol–water partition coefficient (Wildman–Crippen LogP) is 3.14. The van der Waals surface area contributed by atoms with Gasteiger partial charge in [0.05, 0.1) is 0 Å². The van der Waals surface area contributed by atoms with E-state index in [0.29, 0.717) is 37.0 Å². The fourth-order valence-corrected chi connectivity index (χ4v) is 3.75. The second kappa shape index (κ2) is 9.65. The highest BCUT2D eigenvalue weighted by Gasteiger charge is 2.14. The third-order valence-corrected chi connectivity index (χ3v) is 5.32. The van der Waals surface area contributed by atoms with Crippen LogP contribution in [0.1, 0.15) is 30.4 Å². The van der Waals surface area contributed by atoms with Gasteiger partial charge in [-0.1, -0.05) is 30.7 Å². The average Bonchev–Trinajstić information content (AvgIpc) is 2.77. The van der Waals surface area contributed by atoms with Crippen LogP contribution in [0, 0.1) is 0 Å². The van der Waals surface area contributed by atoms with Crippen LogP contribution in [-0.4, -0.2) is 43.7 Å². The van der Waals surface area contributed by atoms with E-state index in [9.17, 15) is 4.79 Å². The van der Waals surface area contributed by atoms with Gasteiger partial charge in [0.25, 0.3) is 5.91 Å². The Morgan fingerprint density at radius 2 is 1.72 bits per heavy atom. The van der Waals surface area contributed by atoms with Crippen molar-refractivity contribution in [2.75, 3.05) is 32.9 Å². The van der Waals surface area contributed by atoms with Gasteiger partial charge in [0.15, 0.2) is 18.1 Å². The van der Waals surface area contributed by atoms with Crippen LogP contribution in [0.4, 0.5) is 0 Å². The van der Waals surface area contributed by atoms with Crippen molar-refractivity contribution >= 4 is 5.91 Å². The van der Waals surface area contributed by atoms with Gasteiger partial charge in [0.2, 0.25) is 0 Å². The summed E-state index contributed by atoms with van der Waals surface area (Å²) in [7, 11) is 0. The van der Waals surface area contributed by atoms with Crippen molar-refractivity contribution in [3.05, 3.63) is 53.6 Å². The number of ether oxygens (including phenoxy) is 3. The maximum Gasteiger partial charge on any atom is 0.258 e. The molecule has 0 aromatic heterocycles. The number of carbonyl (C=O) groups is 1. The molecule has 6 heteroatoms. The largest absolute Gasteiger partial charge is 0.486 e. The molecule has 0 saturated carbocycles. The number of nitrogens with zero attached hydrogens (tertiary/aromatic N) is 1. The average molecular weight is 396 g/mol. The van der Waals surface area contributed by atoms with E-state index >= 15 is 0 Å². The molecular formula is C23H28N2O4. The van der Waals surface area contributed by atoms with E-state index in [1.54, 1.807) is 18.2 Å². The van der Waals surface area contributed by atoms with E-state index in [2.05, 4.69) is 28.4 Å². The van der Waals surface area contributed by atoms with E-state index in [1.165, 1.54) is 24.8 Å². The number of likely N-dealkylation sites (tertiary alicyclic amines) is 1. The molecule has 1 N–H and O–H groups in total. The molecule has 4 rings (SSSR count). The normalized spacial score (nSPS) is 16.3. The molecule has 0 atom stereocenters. The fourth-order valence-electron chi connectivity index (χ4n) is 3.75. The Bertz CT molecular complexity index is 833. The lowest BCUT2D eigenvalue weighted by Crippen LogP contribution is -2.31. The van der Waals surface area contributed by atoms with Gasteiger partial charge in [0.1, 0.15) is 19.0 Å². The van der Waals surface area contributed by atoms with Gasteiger partial charge in [-0.15, -0.1) is 0 Å². The summed E-state index contributed by atoms with van der Waals surface area (Å²) in [5, 5.41) is 2.97. The molecule has 0 aliphatic carbocycles. The molecule has 2 aromatic carbocycles. The monoisotopic (exact) mass is 396 g/mol. The van der Waals surface area contributed by atoms with Crippen molar-refractivity contribution in [2.45, 2.75) is 32.4 Å². The summed E-state index contributed by atoms with van der Waals surface area (Å²) in [6.45, 7) is 4.80. The second-order valence-corrected chi connectivity index (χ2v) is 7.48. The molecule has 2 aliphatic heterocycles. The molecule has 0 spiro atoms. The van der Waals surface area contributed by atoms with Gasteiger partial charge in [-0.2, -0.15) is 0 Å². The van der Waals surface area contributed by atoms with Crippen molar-refractivity contribution in [2.24, 2.45) is 0 Å². The second-order valence-electron chi connectivity index (χ2n) is 7.48. The van der Waals surface area contributed by atoms with E-state index in [0.717, 1.165) is 25.2 Å². The quantitative estimate of drug-likeness (QED) is 0.779. The maximum absolute atomic E-state index is 12.3. The first kappa shape index (κ1) is 19.6. The van der Waals surface area contributed by atoms with Gasteiger partial charge in [-0.05, 0) is 49.2 Å². The molecule has 1 fully saturated rings. The lowest BCUT2D eigenvalue weighted by atomic mass is 10.0. The highest BCUT2D eigenvalue weighted by Crippen LogP contribution is 2.33. The highest BCUT2D eigenvalue weighted by atomic mass is 16.6. The zero-order chi connectivity index (χ0) is 19.9. The molecule has 29 heavy (non-hydrogen) atoms. The number of amides is 1. The first-order chi connectivity index (χ1) is 14.3. The van der Waals surface area contributed by atoms with Crippen molar-refractivity contribution in [1.82, 2.24) is 10.2 Å². The fraction of sp³-hybridized carbons (Fsp3) is 0.435. The van der Waals surface area contributed by atoms with Crippen LogP contribution in [0.15, 0.2) is 42.5 Å². The van der Waals surface area contributed by atoms with E-state index in [-0.39, 0.29) is 12.5 Å². The summed E-state index contributed by atoms with van der Waals surface area (Å²) in [6, 6.07) is 13.7. The molecule has 0 unspecified atom stereocenters. The third kappa shape index (κ3) is 5.41. The Labute approximate surface area is 171 Å². The summed E-state index contributed by atoms with van der Waals surface area (Å²) in [6.07, 6.45) is 3.88. The number of fused-ring (bicyclic) bond motifs is 1. The lowest BCUT2D eigenvalue weighted by molar-refractivity contribution is -0.123. The summed E-state index contributed by atoms with van der Waals surface area (Å²) >= 11 is 0. The summed E-state index contributed by atoms with van der Waals surface area (Å²) in [5.41, 5.74) is 2.44. The number of benzene rings is 2. The van der Waals surface area contributed by atoms with Crippen LogP contribution in [0.2, 0.25) is 0 Å². The number of nitrogens with one attached hydrogen (secondary N) is 1. The predicted molar refractivity (Wildman–Crippen MR) is 110 cm³/mol. The summed E-state index contributed by atoms with van der Waals surface area (Å²) < 4.78 is 16.7. The van der Waals surface area contributed by atoms with Crippen molar-refractivity contribution in [3.8, 4) is 17.2 Å². The van der Waals surface area contributed by atoms with Gasteiger partial charge >= 0.3 is 0 Å². The molecular weight excluding hydrogens is 368 g/mol. The van der Waals surface area contributed by atoms with Crippen LogP contribution >= 0.6 is 0 Å². The molecule has 2 heterocycles. The molecule has 1 amide bonds. The van der Waals surface area contributed by atoms with Gasteiger partial charge < -0.3 is 19.5 Å². The SMILES string of the molecule is O=C(COc1ccc2c(c1)OCCO2)NCc1ccccc1CN1CCCCC1. The Kier molecular flexibility index (Phi) is 6.52. The molecule has 0 radical (unpaired) electrons. The van der Waals surface area contributed by atoms with E-state index < -0.39 is 0 Å². The zero-order valence-electron chi connectivity index (χ0n) is 16.7. The molecule has 2 aromatic rings. The van der Waals surface area contributed by atoms with E-state index in [4.69, 9.17) is 14.2 Å². The molecule has 2 aliphatic rings. The minimum absolute atomic E-state index is 0.0338. The molecule has 154 valence electrons. The number of carbonyl (C=O) groups excluding carboxylic acids is 1. The van der Waals surface area contributed by atoms with Crippen molar-refractivity contribution in [3.63, 3.8) is 0 Å². The lowest BCUT2D eigenvalue weighted by Gasteiger charge is -2.27. The van der Waals surface area contributed by atoms with Crippen LogP contribution in [0.25, 0.3) is 0 Å². The van der Waals surface area contributed by atoms with Gasteiger partial charge in [-0.3, -0.25) is 9.69 Å². The minimum atomic E-state index is -0.146. The Balaban J connectivity index is 1.27. The molecule has 1 saturated heterocycles. The van der Waals surface area contributed by atoms with Crippen molar-refractivity contribution < 1.29 is 19.0 Å². The van der Waals surface area contributed by atoms with Gasteiger partial charge in [0, 0.05) is 19.2 Å². The molecule has 6 nitrogen and oxygen atoms in total. The smallest absolute Gasteiger partial charge is 0.258 e. The molecule has 0 bridgehead atoms. The van der Waals surface area contributed by atoms with E-state index in [1.807, 2.05) is 6.07 Å². The number of hydrogen-bond acceptors (Lipinski definition) is 5. The number of hydrogen-bond donors (Lipinski definition) is 1. The van der Waals surface area contributed by atoms with Crippen LogP contribution in [-0.2, 0) is 17.9 Å². The maximum atomic E-state index is 12.3. The standard InChI is InChI=1S/C23H28N2O4/c26-23(17-29-20-8-9-21-22(14-20)28-13-12-27-21)24-15-18-6-2-3-7-19(18)16-25-10-4-1-5-11-25/h2-3,6-9,14H,1,4-5,10-13,15-17H2,(H,24,26). The number of rotatable bonds is 7. The van der Waals surface area contributed by atoms with Crippen LogP contribution in [0.5, 0.6) is 17.2 Å². The Hall–Kier alpha value is -2.73. The number of piperidine rings is 1. The first-order valence-electron chi connectivity index (χ1n) is 10.4. The first-order valence-corrected chi connectivity index (χ1v) is 10.4. The summed E-state index contributed by atoms with van der Waals surface area (Å²) in [4.78, 5) is 14.8. The minimum Gasteiger partial charge on any atom is -0.486 e. The van der Waals surface area contributed by atoms with Crippen LogP contribution < -0.4 is 19.5 Å². The topological polar surface area (TPSA) is 60.0 Å². The third-order valence-electron chi connectivity index (χ3n) is 5.32. The summed E-state index contributed by atoms with van der Waals surface area (Å²) in [5.74, 6) is 1.81. The highest BCUT2D eigenvalue weighted by molar-refractivity contribution is 5.77. The van der Waals surface area contributed by atoms with Crippen molar-refractivity contribution in [1.29, 1.82) is 0 Å². The van der Waals surface area contributed by atoms with Crippen LogP contribution in [0.3, 0.4) is 0 Å². The Morgan fingerprint density at radius 1 is 0.966 bits per heavy atom.